The van der Waals surface area contributed by atoms with Crippen molar-refractivity contribution in [1.29, 1.82) is 0 Å². The molecule has 1 atom stereocenters. The van der Waals surface area contributed by atoms with Gasteiger partial charge in [0, 0.05) is 6.20 Å². The van der Waals surface area contributed by atoms with Crippen molar-refractivity contribution >= 4 is 32.6 Å². The van der Waals surface area contributed by atoms with E-state index < -0.39 is 5.92 Å². The fourth-order valence-electron chi connectivity index (χ4n) is 0.597. The first-order chi connectivity index (χ1) is 4.75. The number of carbonyl (C=O) groups is 2. The highest BCUT2D eigenvalue weighted by Gasteiger charge is 2.20. The minimum absolute atomic E-state index is 0.215. The lowest BCUT2D eigenvalue weighted by Gasteiger charge is -2.04. The molecule has 3 nitrogen and oxygen atoms in total. The van der Waals surface area contributed by atoms with Gasteiger partial charge in [0.05, 0.1) is 5.92 Å². The number of Topliss-reactive ketones (excluding diaryl/α,β-unsaturated/α-hetero) is 1. The van der Waals surface area contributed by atoms with Gasteiger partial charge in [0.1, 0.15) is 10.9 Å². The van der Waals surface area contributed by atoms with Gasteiger partial charge in [-0.15, -0.1) is 0 Å². The average Bonchev–Trinajstić information content (AvgIpc) is 1.95. The van der Waals surface area contributed by atoms with E-state index in [1.807, 2.05) is 0 Å². The molecule has 1 aliphatic heterocycles. The van der Waals surface area contributed by atoms with Crippen LogP contribution in [-0.2, 0) is 9.59 Å². The molecule has 0 aromatic carbocycles. The van der Waals surface area contributed by atoms with E-state index in [9.17, 15) is 9.59 Å². The third-order valence-corrected chi connectivity index (χ3v) is 1.73. The summed E-state index contributed by atoms with van der Waals surface area (Å²) in [7, 11) is 0. The molecule has 0 aromatic heterocycles. The quantitative estimate of drug-likeness (QED) is 0.463. The molecule has 1 unspecified atom stereocenters. The number of aldehydes is 1. The van der Waals surface area contributed by atoms with Crippen LogP contribution in [-0.4, -0.2) is 16.7 Å². The molecule has 0 saturated heterocycles. The van der Waals surface area contributed by atoms with Crippen molar-refractivity contribution < 1.29 is 9.59 Å². The second-order valence-corrected chi connectivity index (χ2v) is 2.54. The number of aliphatic imine (C=N–C) groups is 1. The highest BCUT2D eigenvalue weighted by molar-refractivity contribution is 9.19. The van der Waals surface area contributed by atoms with Gasteiger partial charge >= 0.3 is 0 Å². The molecule has 0 saturated carbocycles. The van der Waals surface area contributed by atoms with E-state index in [1.54, 1.807) is 0 Å². The fourth-order valence-corrected chi connectivity index (χ4v) is 0.979. The highest BCUT2D eigenvalue weighted by atomic mass is 79.9. The SMILES string of the molecule is O=CC1C=CN=C(Br)C1=O. The molecule has 0 radical (unpaired) electrons. The number of hydrogen-bond donors (Lipinski definition) is 0. The molecule has 1 heterocycles. The Morgan fingerprint density at radius 1 is 1.70 bits per heavy atom. The van der Waals surface area contributed by atoms with Crippen LogP contribution in [0.3, 0.4) is 0 Å². The van der Waals surface area contributed by atoms with Crippen LogP contribution >= 0.6 is 15.9 Å². The second-order valence-electron chi connectivity index (χ2n) is 1.79. The van der Waals surface area contributed by atoms with Crippen LogP contribution in [0.5, 0.6) is 0 Å². The molecule has 1 aliphatic rings. The van der Waals surface area contributed by atoms with Gasteiger partial charge in [-0.3, -0.25) is 4.79 Å². The third kappa shape index (κ3) is 1.21. The lowest BCUT2D eigenvalue weighted by molar-refractivity contribution is -0.120. The monoisotopic (exact) mass is 201 g/mol. The van der Waals surface area contributed by atoms with Crippen molar-refractivity contribution in [2.45, 2.75) is 0 Å². The number of ketones is 1. The fraction of sp³-hybridized carbons (Fsp3) is 0.167. The first-order valence-electron chi connectivity index (χ1n) is 2.65. The smallest absolute Gasteiger partial charge is 0.202 e. The minimum atomic E-state index is -0.646. The van der Waals surface area contributed by atoms with Gasteiger partial charge in [-0.2, -0.15) is 0 Å². The van der Waals surface area contributed by atoms with Crippen LogP contribution in [0.4, 0.5) is 0 Å². The normalized spacial score (nSPS) is 24.3. The molecule has 0 spiro atoms. The van der Waals surface area contributed by atoms with Crippen molar-refractivity contribution in [3.05, 3.63) is 12.3 Å². The second kappa shape index (κ2) is 2.88. The van der Waals surface area contributed by atoms with E-state index in [2.05, 4.69) is 20.9 Å². The predicted molar refractivity (Wildman–Crippen MR) is 40.1 cm³/mol. The van der Waals surface area contributed by atoms with Gasteiger partial charge in [-0.25, -0.2) is 4.99 Å². The minimum Gasteiger partial charge on any atom is -0.302 e. The summed E-state index contributed by atoms with van der Waals surface area (Å²) < 4.78 is 0.215. The number of nitrogens with zero attached hydrogens (tertiary/aromatic N) is 1. The number of halogens is 1. The maximum absolute atomic E-state index is 10.9. The molecule has 4 heteroatoms. The van der Waals surface area contributed by atoms with Crippen molar-refractivity contribution in [3.63, 3.8) is 0 Å². The van der Waals surface area contributed by atoms with Crippen molar-refractivity contribution in [2.75, 3.05) is 0 Å². The Morgan fingerprint density at radius 2 is 2.40 bits per heavy atom. The van der Waals surface area contributed by atoms with E-state index in [4.69, 9.17) is 0 Å². The van der Waals surface area contributed by atoms with Crippen molar-refractivity contribution in [3.8, 4) is 0 Å². The summed E-state index contributed by atoms with van der Waals surface area (Å²) >= 11 is 2.93. The zero-order valence-corrected chi connectivity index (χ0v) is 6.54. The molecule has 1 rings (SSSR count). The van der Waals surface area contributed by atoms with Crippen LogP contribution in [0, 0.1) is 5.92 Å². The predicted octanol–water partition coefficient (Wildman–Crippen LogP) is 0.691. The molecule has 0 aromatic rings. The maximum atomic E-state index is 10.9. The van der Waals surface area contributed by atoms with Crippen LogP contribution in [0.25, 0.3) is 0 Å². The Bertz CT molecular complexity index is 232. The highest BCUT2D eigenvalue weighted by Crippen LogP contribution is 2.08. The van der Waals surface area contributed by atoms with E-state index in [1.165, 1.54) is 12.3 Å². The molecule has 0 bridgehead atoms. The summed E-state index contributed by atoms with van der Waals surface area (Å²) in [4.78, 5) is 24.7. The number of allylic oxidation sites excluding steroid dienone is 1. The summed E-state index contributed by atoms with van der Waals surface area (Å²) in [6.45, 7) is 0. The van der Waals surface area contributed by atoms with Gasteiger partial charge in [0.15, 0.2) is 0 Å². The van der Waals surface area contributed by atoms with Gasteiger partial charge in [0.25, 0.3) is 0 Å². The Kier molecular flexibility index (Phi) is 2.11. The van der Waals surface area contributed by atoms with Crippen molar-refractivity contribution in [1.82, 2.24) is 0 Å². The van der Waals surface area contributed by atoms with E-state index in [0.29, 0.717) is 6.29 Å². The number of hydrogen-bond acceptors (Lipinski definition) is 3. The van der Waals surface area contributed by atoms with E-state index in [-0.39, 0.29) is 10.4 Å². The van der Waals surface area contributed by atoms with Crippen molar-refractivity contribution in [2.24, 2.45) is 10.9 Å². The Morgan fingerprint density at radius 3 is 2.90 bits per heavy atom. The summed E-state index contributed by atoms with van der Waals surface area (Å²) in [5.74, 6) is -0.927. The van der Waals surface area contributed by atoms with Gasteiger partial charge < -0.3 is 4.79 Å². The summed E-state index contributed by atoms with van der Waals surface area (Å²) in [5.41, 5.74) is 0. The number of rotatable bonds is 1. The molecule has 0 fully saturated rings. The van der Waals surface area contributed by atoms with Crippen LogP contribution < -0.4 is 0 Å². The largest absolute Gasteiger partial charge is 0.302 e. The zero-order valence-electron chi connectivity index (χ0n) is 4.95. The number of carbonyl (C=O) groups excluding carboxylic acids is 2. The van der Waals surface area contributed by atoms with Gasteiger partial charge in [-0.1, -0.05) is 0 Å². The molecule has 52 valence electrons. The van der Waals surface area contributed by atoms with Crippen LogP contribution in [0.2, 0.25) is 0 Å². The van der Waals surface area contributed by atoms with Crippen LogP contribution in [0.1, 0.15) is 0 Å². The Hall–Kier alpha value is -0.770. The topological polar surface area (TPSA) is 46.5 Å². The summed E-state index contributed by atoms with van der Waals surface area (Å²) in [5, 5.41) is 0. The zero-order chi connectivity index (χ0) is 7.56. The maximum Gasteiger partial charge on any atom is 0.202 e. The van der Waals surface area contributed by atoms with E-state index >= 15 is 0 Å². The van der Waals surface area contributed by atoms with Gasteiger partial charge in [0.2, 0.25) is 5.78 Å². The summed E-state index contributed by atoms with van der Waals surface area (Å²) in [6.07, 6.45) is 3.49. The Labute approximate surface area is 66.0 Å². The average molecular weight is 202 g/mol. The lowest BCUT2D eigenvalue weighted by atomic mass is 10.1. The van der Waals surface area contributed by atoms with Gasteiger partial charge in [-0.05, 0) is 22.0 Å². The molecule has 0 N–H and O–H groups in total. The lowest BCUT2D eigenvalue weighted by Crippen LogP contribution is -2.21. The first-order valence-corrected chi connectivity index (χ1v) is 3.44. The first kappa shape index (κ1) is 7.34. The summed E-state index contributed by atoms with van der Waals surface area (Å²) in [6, 6.07) is 0. The molecular formula is C6H4BrNO2. The molecule has 10 heavy (non-hydrogen) atoms. The van der Waals surface area contributed by atoms with Crippen LogP contribution in [0.15, 0.2) is 17.3 Å². The molecule has 0 amide bonds. The Balaban J connectivity index is 2.88. The van der Waals surface area contributed by atoms with E-state index in [0.717, 1.165) is 0 Å². The molecule has 0 aliphatic carbocycles. The molecular weight excluding hydrogens is 198 g/mol. The standard InChI is InChI=1S/C6H4BrNO2/c7-6-5(10)4(3-9)1-2-8-6/h1-4H. The third-order valence-electron chi connectivity index (χ3n) is 1.13.